The average Bonchev–Trinajstić information content (AvgIpc) is 2.87. The predicted octanol–water partition coefficient (Wildman–Crippen LogP) is 10.5. The van der Waals surface area contributed by atoms with Crippen LogP contribution in [0.2, 0.25) is 0 Å². The maximum Gasteiger partial charge on any atom is 0.0753 e. The molecule has 0 spiro atoms. The maximum absolute atomic E-state index is 10.3. The van der Waals surface area contributed by atoms with Gasteiger partial charge in [-0.1, -0.05) is 141 Å². The van der Waals surface area contributed by atoms with Crippen LogP contribution in [0, 0.1) is 10.8 Å². The Morgan fingerprint density at radius 3 is 1.60 bits per heavy atom. The van der Waals surface area contributed by atoms with Crippen molar-refractivity contribution in [1.29, 1.82) is 0 Å². The van der Waals surface area contributed by atoms with Crippen LogP contribution in [-0.4, -0.2) is 22.4 Å². The maximum atomic E-state index is 10.3. The van der Waals surface area contributed by atoms with E-state index in [2.05, 4.69) is 154 Å². The summed E-state index contributed by atoms with van der Waals surface area (Å²) in [6.07, 6.45) is 32.7. The second-order valence-electron chi connectivity index (χ2n) is 13.6. The van der Waals surface area contributed by atoms with Crippen molar-refractivity contribution in [3.63, 3.8) is 0 Å². The SMILES string of the molecule is CC(C=CC=C(C)C=CC1=C(C)C[C@@H](O)CC1(C)C)=CC=CC=C(C)C=CC=C(C)C=CC1=C(C)C(O)CCC1(C)C. The molecule has 228 valence electrons. The van der Waals surface area contributed by atoms with Gasteiger partial charge in [0.1, 0.15) is 0 Å². The molecule has 1 unspecified atom stereocenters. The predicted molar refractivity (Wildman–Crippen MR) is 184 cm³/mol. The van der Waals surface area contributed by atoms with Crippen molar-refractivity contribution in [2.75, 3.05) is 0 Å². The number of rotatable bonds is 10. The molecule has 0 aromatic rings. The van der Waals surface area contributed by atoms with E-state index in [1.165, 1.54) is 39.0 Å². The van der Waals surface area contributed by atoms with E-state index in [-0.39, 0.29) is 23.0 Å². The highest BCUT2D eigenvalue weighted by molar-refractivity contribution is 5.40. The minimum atomic E-state index is -0.315. The summed E-state index contributed by atoms with van der Waals surface area (Å²) in [4.78, 5) is 0. The van der Waals surface area contributed by atoms with Gasteiger partial charge < -0.3 is 10.2 Å². The quantitative estimate of drug-likeness (QED) is 0.257. The van der Waals surface area contributed by atoms with Crippen LogP contribution in [0.25, 0.3) is 0 Å². The third kappa shape index (κ3) is 11.4. The lowest BCUT2D eigenvalue weighted by molar-refractivity contribution is 0.116. The van der Waals surface area contributed by atoms with Gasteiger partial charge in [-0.2, -0.15) is 0 Å². The Balaban J connectivity index is 1.91. The first-order chi connectivity index (χ1) is 19.6. The van der Waals surface area contributed by atoms with Crippen LogP contribution >= 0.6 is 0 Å². The zero-order valence-electron chi connectivity index (χ0n) is 28.0. The minimum Gasteiger partial charge on any atom is -0.393 e. The highest BCUT2D eigenvalue weighted by Gasteiger charge is 2.32. The summed E-state index contributed by atoms with van der Waals surface area (Å²) in [5.74, 6) is 0. The van der Waals surface area contributed by atoms with Gasteiger partial charge in [-0.05, 0) is 94.8 Å². The summed E-state index contributed by atoms with van der Waals surface area (Å²) in [6, 6.07) is 0. The van der Waals surface area contributed by atoms with Crippen LogP contribution in [0.3, 0.4) is 0 Å². The molecule has 2 heteroatoms. The molecular formula is C40H56O2. The Hall–Kier alpha value is -2.94. The molecule has 2 N–H and O–H groups in total. The first-order valence-electron chi connectivity index (χ1n) is 15.5. The van der Waals surface area contributed by atoms with Crippen LogP contribution in [0.1, 0.15) is 94.9 Å². The molecule has 0 saturated carbocycles. The summed E-state index contributed by atoms with van der Waals surface area (Å²) in [6.45, 7) is 21.6. The standard InChI is InChI=1S/C40H56O2/c1-29(17-13-19-31(3)21-23-36-33(5)27-35(41)28-40(36,9)10)15-11-12-16-30(2)18-14-20-32(4)22-24-37-34(6)38(42)25-26-39(37,7)8/h11-24,35,38,41-42H,25-28H2,1-10H3/t35-,38?/m1/s1. The van der Waals surface area contributed by atoms with E-state index in [4.69, 9.17) is 0 Å². The Morgan fingerprint density at radius 2 is 1.10 bits per heavy atom. The second-order valence-corrected chi connectivity index (χ2v) is 13.6. The number of hydrogen-bond donors (Lipinski definition) is 2. The topological polar surface area (TPSA) is 40.5 Å². The fourth-order valence-corrected chi connectivity index (χ4v) is 5.87. The molecule has 2 aliphatic carbocycles. The van der Waals surface area contributed by atoms with Crippen molar-refractivity contribution >= 4 is 0 Å². The van der Waals surface area contributed by atoms with E-state index in [1.54, 1.807) is 0 Å². The Labute approximate surface area is 257 Å². The van der Waals surface area contributed by atoms with Crippen molar-refractivity contribution in [1.82, 2.24) is 0 Å². The molecule has 0 radical (unpaired) electrons. The number of allylic oxidation sites excluding steroid dienone is 20. The molecular weight excluding hydrogens is 512 g/mol. The van der Waals surface area contributed by atoms with Crippen molar-refractivity contribution in [3.05, 3.63) is 130 Å². The first-order valence-corrected chi connectivity index (χ1v) is 15.5. The summed E-state index contributed by atoms with van der Waals surface area (Å²) in [7, 11) is 0. The molecule has 0 aliphatic heterocycles. The van der Waals surface area contributed by atoms with Gasteiger partial charge in [0.2, 0.25) is 0 Å². The lowest BCUT2D eigenvalue weighted by Crippen LogP contribution is -2.28. The van der Waals surface area contributed by atoms with Gasteiger partial charge in [0.05, 0.1) is 12.2 Å². The number of hydrogen-bond acceptors (Lipinski definition) is 2. The summed E-state index contributed by atoms with van der Waals surface area (Å²) >= 11 is 0. The monoisotopic (exact) mass is 568 g/mol. The zero-order chi connectivity index (χ0) is 31.5. The molecule has 0 aromatic carbocycles. The van der Waals surface area contributed by atoms with E-state index in [0.717, 1.165) is 31.3 Å². The third-order valence-corrected chi connectivity index (χ3v) is 8.46. The molecule has 0 fully saturated rings. The van der Waals surface area contributed by atoms with Gasteiger partial charge in [0, 0.05) is 0 Å². The Morgan fingerprint density at radius 1 is 0.643 bits per heavy atom. The first kappa shape index (κ1) is 35.3. The van der Waals surface area contributed by atoms with Crippen LogP contribution in [-0.2, 0) is 0 Å². The fraction of sp³-hybridized carbons (Fsp3) is 0.450. The van der Waals surface area contributed by atoms with Gasteiger partial charge in [0.15, 0.2) is 0 Å². The van der Waals surface area contributed by atoms with E-state index in [9.17, 15) is 10.2 Å². The zero-order valence-corrected chi connectivity index (χ0v) is 28.0. The molecule has 0 aromatic heterocycles. The number of aliphatic hydroxyl groups is 2. The molecule has 0 amide bonds. The Bertz CT molecular complexity index is 1290. The molecule has 2 rings (SSSR count). The van der Waals surface area contributed by atoms with Crippen molar-refractivity contribution < 1.29 is 10.2 Å². The second kappa shape index (κ2) is 16.1. The van der Waals surface area contributed by atoms with E-state index in [0.29, 0.717) is 0 Å². The van der Waals surface area contributed by atoms with Crippen LogP contribution in [0.4, 0.5) is 0 Å². The molecule has 0 heterocycles. The molecule has 0 bridgehead atoms. The smallest absolute Gasteiger partial charge is 0.0753 e. The van der Waals surface area contributed by atoms with E-state index >= 15 is 0 Å². The van der Waals surface area contributed by atoms with Crippen molar-refractivity contribution in [2.24, 2.45) is 10.8 Å². The normalized spacial score (nSPS) is 25.0. The van der Waals surface area contributed by atoms with E-state index in [1.807, 2.05) is 0 Å². The molecule has 2 aliphatic rings. The molecule has 2 nitrogen and oxygen atoms in total. The minimum absolute atomic E-state index is 0.00484. The lowest BCUT2D eigenvalue weighted by atomic mass is 9.71. The molecule has 2 atom stereocenters. The van der Waals surface area contributed by atoms with Gasteiger partial charge in [-0.25, -0.2) is 0 Å². The average molecular weight is 569 g/mol. The van der Waals surface area contributed by atoms with Crippen LogP contribution in [0.5, 0.6) is 0 Å². The van der Waals surface area contributed by atoms with Gasteiger partial charge in [-0.15, -0.1) is 0 Å². The van der Waals surface area contributed by atoms with Gasteiger partial charge in [0.25, 0.3) is 0 Å². The van der Waals surface area contributed by atoms with Gasteiger partial charge >= 0.3 is 0 Å². The highest BCUT2D eigenvalue weighted by atomic mass is 16.3. The molecule has 42 heavy (non-hydrogen) atoms. The third-order valence-electron chi connectivity index (χ3n) is 8.46. The lowest BCUT2D eigenvalue weighted by Gasteiger charge is -2.35. The van der Waals surface area contributed by atoms with Crippen molar-refractivity contribution in [3.8, 4) is 0 Å². The van der Waals surface area contributed by atoms with Crippen LogP contribution < -0.4 is 0 Å². The summed E-state index contributed by atoms with van der Waals surface area (Å²) in [5.41, 5.74) is 9.86. The fourth-order valence-electron chi connectivity index (χ4n) is 5.87. The van der Waals surface area contributed by atoms with E-state index < -0.39 is 0 Å². The number of aliphatic hydroxyl groups excluding tert-OH is 2. The highest BCUT2D eigenvalue weighted by Crippen LogP contribution is 2.42. The van der Waals surface area contributed by atoms with Crippen molar-refractivity contribution in [2.45, 2.75) is 107 Å². The largest absolute Gasteiger partial charge is 0.393 e. The summed E-state index contributed by atoms with van der Waals surface area (Å²) in [5, 5.41) is 20.4. The summed E-state index contributed by atoms with van der Waals surface area (Å²) < 4.78 is 0. The Kier molecular flexibility index (Phi) is 13.5. The van der Waals surface area contributed by atoms with Crippen LogP contribution in [0.15, 0.2) is 130 Å². The van der Waals surface area contributed by atoms with Gasteiger partial charge in [-0.3, -0.25) is 0 Å². The molecule has 0 saturated heterocycles.